The molecule has 3 aromatic rings. The highest BCUT2D eigenvalue weighted by molar-refractivity contribution is 7.98. The molecule has 1 aliphatic carbocycles. The molecular weight excluding hydrogens is 471 g/mol. The summed E-state index contributed by atoms with van der Waals surface area (Å²) in [5.74, 6) is -1.16. The molecule has 0 saturated heterocycles. The molecule has 0 bridgehead atoms. The molecule has 1 amide bonds. The van der Waals surface area contributed by atoms with Gasteiger partial charge in [0, 0.05) is 45.5 Å². The summed E-state index contributed by atoms with van der Waals surface area (Å²) < 4.78 is 13.8. The van der Waals surface area contributed by atoms with Crippen molar-refractivity contribution < 1.29 is 14.0 Å². The molecule has 0 aromatic heterocycles. The van der Waals surface area contributed by atoms with Crippen LogP contribution in [0.15, 0.2) is 106 Å². The topological polar surface area (TPSA) is 58.2 Å². The third-order valence-electron chi connectivity index (χ3n) is 6.87. The Balaban J connectivity index is 1.56. The first kappa shape index (κ1) is 24.1. The van der Waals surface area contributed by atoms with Crippen LogP contribution in [-0.2, 0) is 9.59 Å². The molecule has 2 atom stereocenters. The van der Waals surface area contributed by atoms with E-state index < -0.39 is 11.7 Å². The van der Waals surface area contributed by atoms with Crippen molar-refractivity contribution in [3.8, 4) is 0 Å². The van der Waals surface area contributed by atoms with Gasteiger partial charge in [0.2, 0.25) is 0 Å². The zero-order valence-corrected chi connectivity index (χ0v) is 21.0. The lowest BCUT2D eigenvalue weighted by Gasteiger charge is -2.37. The summed E-state index contributed by atoms with van der Waals surface area (Å²) in [6.07, 6.45) is 3.10. The molecule has 182 valence electrons. The lowest BCUT2D eigenvalue weighted by atomic mass is 9.71. The fourth-order valence-electron chi connectivity index (χ4n) is 5.20. The van der Waals surface area contributed by atoms with Crippen LogP contribution in [0.25, 0.3) is 0 Å². The molecule has 1 heterocycles. The van der Waals surface area contributed by atoms with Gasteiger partial charge < -0.3 is 10.6 Å². The zero-order valence-electron chi connectivity index (χ0n) is 20.2. The van der Waals surface area contributed by atoms with Crippen LogP contribution in [0.3, 0.4) is 0 Å². The largest absolute Gasteiger partial charge is 0.362 e. The number of dihydropyridines is 1. The van der Waals surface area contributed by atoms with Gasteiger partial charge in [-0.15, -0.1) is 11.8 Å². The number of thioether (sulfide) groups is 1. The number of Topliss-reactive ketones (excluding diaryl/α,β-unsaturated/α-hetero) is 1. The van der Waals surface area contributed by atoms with Crippen molar-refractivity contribution in [1.82, 2.24) is 5.32 Å². The normalized spacial score (nSPS) is 19.6. The average molecular weight is 499 g/mol. The third kappa shape index (κ3) is 4.73. The van der Waals surface area contributed by atoms with Crippen LogP contribution < -0.4 is 10.6 Å². The predicted molar refractivity (Wildman–Crippen MR) is 142 cm³/mol. The number of hydrogen-bond donors (Lipinski definition) is 2. The van der Waals surface area contributed by atoms with Crippen LogP contribution in [0.2, 0.25) is 0 Å². The van der Waals surface area contributed by atoms with Gasteiger partial charge in [0.1, 0.15) is 5.82 Å². The summed E-state index contributed by atoms with van der Waals surface area (Å²) >= 11 is 1.64. The molecule has 4 nitrogen and oxygen atoms in total. The third-order valence-corrected chi connectivity index (χ3v) is 7.62. The summed E-state index contributed by atoms with van der Waals surface area (Å²) in [6, 6.07) is 23.9. The Hall–Kier alpha value is -3.64. The molecule has 1 aliphatic heterocycles. The van der Waals surface area contributed by atoms with Gasteiger partial charge in [-0.05, 0) is 67.0 Å². The van der Waals surface area contributed by atoms with E-state index in [2.05, 4.69) is 22.8 Å². The molecule has 2 aliphatic rings. The number of allylic oxidation sites excluding steroid dienone is 3. The second-order valence-electron chi connectivity index (χ2n) is 9.17. The highest BCUT2D eigenvalue weighted by Crippen LogP contribution is 2.45. The van der Waals surface area contributed by atoms with E-state index in [1.165, 1.54) is 12.1 Å². The highest BCUT2D eigenvalue weighted by Gasteiger charge is 2.40. The molecule has 0 saturated carbocycles. The average Bonchev–Trinajstić information content (AvgIpc) is 2.88. The number of hydrogen-bond acceptors (Lipinski definition) is 4. The maximum Gasteiger partial charge on any atom is 0.254 e. The van der Waals surface area contributed by atoms with E-state index in [4.69, 9.17) is 0 Å². The van der Waals surface area contributed by atoms with Crippen LogP contribution in [0.5, 0.6) is 0 Å². The van der Waals surface area contributed by atoms with E-state index in [-0.39, 0.29) is 17.6 Å². The Morgan fingerprint density at radius 2 is 1.72 bits per heavy atom. The number of carbonyl (C=O) groups excluding carboxylic acids is 2. The lowest BCUT2D eigenvalue weighted by molar-refractivity contribution is -0.116. The van der Waals surface area contributed by atoms with Crippen molar-refractivity contribution in [3.63, 3.8) is 0 Å². The molecule has 0 fully saturated rings. The maximum absolute atomic E-state index is 13.8. The molecule has 3 aromatic carbocycles. The van der Waals surface area contributed by atoms with E-state index in [1.807, 2.05) is 55.6 Å². The second kappa shape index (κ2) is 10.2. The molecule has 2 N–H and O–H groups in total. The van der Waals surface area contributed by atoms with Crippen LogP contribution in [0.1, 0.15) is 42.7 Å². The number of benzene rings is 3. The van der Waals surface area contributed by atoms with E-state index >= 15 is 0 Å². The van der Waals surface area contributed by atoms with Gasteiger partial charge in [-0.3, -0.25) is 9.59 Å². The molecule has 0 spiro atoms. The summed E-state index contributed by atoms with van der Waals surface area (Å²) in [6.45, 7) is 1.87. The Morgan fingerprint density at radius 3 is 2.42 bits per heavy atom. The van der Waals surface area contributed by atoms with Gasteiger partial charge in [0.15, 0.2) is 5.78 Å². The molecule has 36 heavy (non-hydrogen) atoms. The van der Waals surface area contributed by atoms with Crippen LogP contribution in [0, 0.1) is 5.82 Å². The maximum atomic E-state index is 13.8. The number of ketones is 1. The summed E-state index contributed by atoms with van der Waals surface area (Å²) in [5.41, 5.74) is 5.08. The van der Waals surface area contributed by atoms with Crippen molar-refractivity contribution in [2.24, 2.45) is 0 Å². The Labute approximate surface area is 214 Å². The van der Waals surface area contributed by atoms with Crippen molar-refractivity contribution >= 4 is 29.1 Å². The van der Waals surface area contributed by atoms with Gasteiger partial charge >= 0.3 is 0 Å². The van der Waals surface area contributed by atoms with Gasteiger partial charge in [-0.25, -0.2) is 4.39 Å². The first-order chi connectivity index (χ1) is 17.4. The highest BCUT2D eigenvalue weighted by atomic mass is 32.2. The zero-order chi connectivity index (χ0) is 25.2. The Bertz CT molecular complexity index is 1380. The number of carbonyl (C=O) groups is 2. The smallest absolute Gasteiger partial charge is 0.254 e. The molecule has 0 unspecified atom stereocenters. The monoisotopic (exact) mass is 498 g/mol. The van der Waals surface area contributed by atoms with Crippen molar-refractivity contribution in [1.29, 1.82) is 0 Å². The van der Waals surface area contributed by atoms with E-state index in [9.17, 15) is 14.0 Å². The Kier molecular flexibility index (Phi) is 6.79. The first-order valence-corrected chi connectivity index (χ1v) is 13.2. The summed E-state index contributed by atoms with van der Waals surface area (Å²) in [7, 11) is 0. The fourth-order valence-corrected chi connectivity index (χ4v) is 5.60. The fraction of sp³-hybridized carbons (Fsp3) is 0.200. The Morgan fingerprint density at radius 1 is 0.972 bits per heavy atom. The summed E-state index contributed by atoms with van der Waals surface area (Å²) in [5, 5.41) is 6.23. The minimum atomic E-state index is -0.505. The van der Waals surface area contributed by atoms with Crippen molar-refractivity contribution in [3.05, 3.63) is 118 Å². The van der Waals surface area contributed by atoms with Crippen molar-refractivity contribution in [2.75, 3.05) is 11.6 Å². The van der Waals surface area contributed by atoms with Gasteiger partial charge in [-0.1, -0.05) is 48.5 Å². The molecule has 0 radical (unpaired) electrons. The molecule has 6 heteroatoms. The quantitative estimate of drug-likeness (QED) is 0.392. The minimum absolute atomic E-state index is 0.0418. The number of nitrogens with one attached hydrogen (secondary N) is 2. The SMILES string of the molecule is CSc1ccc([C@@H]2C(C(=O)Nc3cccc(F)c3)=C(C)NC3=C2C(=O)C[C@H](c2ccccc2)C3)cc1. The minimum Gasteiger partial charge on any atom is -0.362 e. The van der Waals surface area contributed by atoms with Gasteiger partial charge in [0.05, 0.1) is 0 Å². The van der Waals surface area contributed by atoms with Gasteiger partial charge in [0.25, 0.3) is 5.91 Å². The van der Waals surface area contributed by atoms with Gasteiger partial charge in [-0.2, -0.15) is 0 Å². The second-order valence-corrected chi connectivity index (χ2v) is 10.0. The summed E-state index contributed by atoms with van der Waals surface area (Å²) in [4.78, 5) is 28.4. The molecular formula is C30H27FN2O2S. The van der Waals surface area contributed by atoms with E-state index in [1.54, 1.807) is 23.9 Å². The first-order valence-electron chi connectivity index (χ1n) is 11.9. The number of amides is 1. The van der Waals surface area contributed by atoms with Crippen molar-refractivity contribution in [2.45, 2.75) is 36.5 Å². The standard InChI is InChI=1S/C30H27FN2O2S/c1-18-27(30(35)33-23-10-6-9-22(31)17-23)28(20-11-13-24(36-2)14-12-20)29-25(32-18)15-21(16-26(29)34)19-7-4-3-5-8-19/h3-14,17,21,28,32H,15-16H2,1-2H3,(H,33,35)/t21-,28-/m1/s1. The van der Waals surface area contributed by atoms with Crippen LogP contribution >= 0.6 is 11.8 Å². The van der Waals surface area contributed by atoms with Crippen LogP contribution in [0.4, 0.5) is 10.1 Å². The predicted octanol–water partition coefficient (Wildman–Crippen LogP) is 6.55. The molecule has 5 rings (SSSR count). The van der Waals surface area contributed by atoms with E-state index in [0.29, 0.717) is 35.4 Å². The lowest BCUT2D eigenvalue weighted by Crippen LogP contribution is -2.37. The number of anilines is 1. The van der Waals surface area contributed by atoms with E-state index in [0.717, 1.165) is 21.7 Å². The van der Waals surface area contributed by atoms with Crippen LogP contribution in [-0.4, -0.2) is 17.9 Å². The number of halogens is 1. The number of rotatable bonds is 5.